The molecule has 0 saturated heterocycles. The molecule has 35 heavy (non-hydrogen) atoms. The topological polar surface area (TPSA) is 60.6 Å². The van der Waals surface area contributed by atoms with Crippen molar-refractivity contribution in [3.05, 3.63) is 96.2 Å². The van der Waals surface area contributed by atoms with Crippen LogP contribution in [0.1, 0.15) is 28.9 Å². The molecule has 0 bridgehead atoms. The van der Waals surface area contributed by atoms with E-state index in [1.165, 1.54) is 5.56 Å². The first-order valence-corrected chi connectivity index (χ1v) is 11.9. The smallest absolute Gasteiger partial charge is 0.275 e. The molecule has 0 saturated carbocycles. The molecular weight excluding hydrogens is 436 g/mol. The second kappa shape index (κ2) is 8.80. The highest BCUT2D eigenvalue weighted by Gasteiger charge is 2.30. The van der Waals surface area contributed by atoms with Gasteiger partial charge in [-0.05, 0) is 49.1 Å². The van der Waals surface area contributed by atoms with Gasteiger partial charge in [0, 0.05) is 28.9 Å². The monoisotopic (exact) mass is 462 g/mol. The van der Waals surface area contributed by atoms with E-state index in [0.717, 1.165) is 65.4 Å². The number of carbonyl (C=O) groups excluding carboxylic acids is 1. The van der Waals surface area contributed by atoms with Crippen LogP contribution in [0, 0.1) is 0 Å². The first-order valence-electron chi connectivity index (χ1n) is 11.9. The maximum atomic E-state index is 13.8. The molecule has 0 spiro atoms. The van der Waals surface area contributed by atoms with Gasteiger partial charge in [0.15, 0.2) is 5.82 Å². The number of rotatable bonds is 5. The number of nitrogens with zero attached hydrogens (tertiary/aromatic N) is 3. The SMILES string of the molecule is COc1ccc(-c2c3c4n(c(-c5ccccc5)nn4c2C(=O)Nc2ccccc2)CCCC3)cc1. The van der Waals surface area contributed by atoms with Crippen LogP contribution >= 0.6 is 0 Å². The van der Waals surface area contributed by atoms with Crippen molar-refractivity contribution in [3.63, 3.8) is 0 Å². The van der Waals surface area contributed by atoms with E-state index in [0.29, 0.717) is 5.69 Å². The number of carbonyl (C=O) groups is 1. The number of ether oxygens (including phenoxy) is 1. The predicted molar refractivity (Wildman–Crippen MR) is 138 cm³/mol. The molecule has 6 heteroatoms. The van der Waals surface area contributed by atoms with E-state index in [1.807, 2.05) is 77.3 Å². The Labute approximate surface area is 203 Å². The Bertz CT molecular complexity index is 1500. The predicted octanol–water partition coefficient (Wildman–Crippen LogP) is 6.07. The van der Waals surface area contributed by atoms with Gasteiger partial charge in [0.2, 0.25) is 0 Å². The number of aromatic nitrogens is 3. The van der Waals surface area contributed by atoms with Gasteiger partial charge in [0.05, 0.1) is 7.11 Å². The normalized spacial score (nSPS) is 12.9. The summed E-state index contributed by atoms with van der Waals surface area (Å²) in [5.41, 5.74) is 6.46. The molecule has 1 aliphatic rings. The molecule has 1 N–H and O–H groups in total. The van der Waals surface area contributed by atoms with Gasteiger partial charge in [-0.25, -0.2) is 4.52 Å². The van der Waals surface area contributed by atoms with Crippen molar-refractivity contribution in [3.8, 4) is 28.3 Å². The summed E-state index contributed by atoms with van der Waals surface area (Å²) < 4.78 is 9.52. The van der Waals surface area contributed by atoms with Crippen LogP contribution in [0.3, 0.4) is 0 Å². The van der Waals surface area contributed by atoms with Crippen LogP contribution < -0.4 is 10.1 Å². The zero-order valence-corrected chi connectivity index (χ0v) is 19.6. The highest BCUT2D eigenvalue weighted by Crippen LogP contribution is 2.39. The third kappa shape index (κ3) is 3.67. The lowest BCUT2D eigenvalue weighted by Crippen LogP contribution is -2.16. The minimum absolute atomic E-state index is 0.173. The molecule has 3 aromatic carbocycles. The van der Waals surface area contributed by atoms with Gasteiger partial charge < -0.3 is 14.6 Å². The molecule has 2 aromatic heterocycles. The summed E-state index contributed by atoms with van der Waals surface area (Å²) in [4.78, 5) is 13.8. The van der Waals surface area contributed by atoms with Crippen LogP contribution in [0.25, 0.3) is 28.2 Å². The molecule has 5 aromatic rings. The highest BCUT2D eigenvalue weighted by molar-refractivity contribution is 6.09. The highest BCUT2D eigenvalue weighted by atomic mass is 16.5. The summed E-state index contributed by atoms with van der Waals surface area (Å²) in [7, 11) is 1.66. The number of aryl methyl sites for hydroxylation is 2. The zero-order valence-electron chi connectivity index (χ0n) is 19.6. The van der Waals surface area contributed by atoms with Gasteiger partial charge in [0.1, 0.15) is 17.1 Å². The minimum Gasteiger partial charge on any atom is -0.497 e. The van der Waals surface area contributed by atoms with Crippen molar-refractivity contribution in [2.45, 2.75) is 25.8 Å². The number of methoxy groups -OCH3 is 1. The number of benzene rings is 3. The summed E-state index contributed by atoms with van der Waals surface area (Å²) in [6, 6.07) is 27.7. The van der Waals surface area contributed by atoms with Gasteiger partial charge in [-0.1, -0.05) is 60.7 Å². The fourth-order valence-corrected chi connectivity index (χ4v) is 5.03. The standard InChI is InChI=1S/C29H26N4O2/c1-35-23-17-15-20(16-18-23)25-24-14-8-9-19-32-27(21-10-4-2-5-11-21)31-33(29(24)32)26(25)28(34)30-22-12-6-3-7-13-22/h2-7,10-13,15-18H,8-9,14,19H2,1H3,(H,30,34). The third-order valence-corrected chi connectivity index (χ3v) is 6.64. The lowest BCUT2D eigenvalue weighted by Gasteiger charge is -2.10. The summed E-state index contributed by atoms with van der Waals surface area (Å²) >= 11 is 0. The lowest BCUT2D eigenvalue weighted by atomic mass is 9.97. The second-order valence-corrected chi connectivity index (χ2v) is 8.78. The van der Waals surface area contributed by atoms with E-state index in [4.69, 9.17) is 9.84 Å². The van der Waals surface area contributed by atoms with Crippen LogP contribution in [0.15, 0.2) is 84.9 Å². The van der Waals surface area contributed by atoms with E-state index in [-0.39, 0.29) is 5.91 Å². The second-order valence-electron chi connectivity index (χ2n) is 8.78. The Kier molecular flexibility index (Phi) is 5.34. The van der Waals surface area contributed by atoms with E-state index in [2.05, 4.69) is 22.0 Å². The molecule has 0 aliphatic carbocycles. The van der Waals surface area contributed by atoms with Crippen LogP contribution in [0.4, 0.5) is 5.69 Å². The van der Waals surface area contributed by atoms with Crippen molar-refractivity contribution < 1.29 is 9.53 Å². The van der Waals surface area contributed by atoms with E-state index in [1.54, 1.807) is 7.11 Å². The largest absolute Gasteiger partial charge is 0.497 e. The van der Waals surface area contributed by atoms with E-state index in [9.17, 15) is 4.79 Å². The Morgan fingerprint density at radius 2 is 1.60 bits per heavy atom. The fourth-order valence-electron chi connectivity index (χ4n) is 5.03. The van der Waals surface area contributed by atoms with Crippen molar-refractivity contribution in [2.75, 3.05) is 12.4 Å². The van der Waals surface area contributed by atoms with E-state index >= 15 is 0 Å². The Morgan fingerprint density at radius 1 is 0.886 bits per heavy atom. The first-order chi connectivity index (χ1) is 17.2. The summed E-state index contributed by atoms with van der Waals surface area (Å²) in [6.07, 6.45) is 3.01. The number of hydrogen-bond acceptors (Lipinski definition) is 3. The van der Waals surface area contributed by atoms with E-state index < -0.39 is 0 Å². The molecule has 6 nitrogen and oxygen atoms in total. The van der Waals surface area contributed by atoms with Gasteiger partial charge in [-0.2, -0.15) is 0 Å². The molecule has 6 rings (SSSR count). The van der Waals surface area contributed by atoms with Crippen LogP contribution in [-0.2, 0) is 13.0 Å². The van der Waals surface area contributed by atoms with Crippen LogP contribution in [-0.4, -0.2) is 27.2 Å². The molecule has 0 fully saturated rings. The maximum absolute atomic E-state index is 13.8. The number of amides is 1. The van der Waals surface area contributed by atoms with Gasteiger partial charge in [-0.15, -0.1) is 5.10 Å². The molecule has 0 unspecified atom stereocenters. The van der Waals surface area contributed by atoms with Crippen LogP contribution in [0.2, 0.25) is 0 Å². The lowest BCUT2D eigenvalue weighted by molar-refractivity contribution is 0.102. The summed E-state index contributed by atoms with van der Waals surface area (Å²) in [6.45, 7) is 0.868. The average molecular weight is 463 g/mol. The first kappa shape index (κ1) is 21.2. The molecule has 174 valence electrons. The van der Waals surface area contributed by atoms with Crippen LogP contribution in [0.5, 0.6) is 5.75 Å². The number of hydrogen-bond donors (Lipinski definition) is 1. The van der Waals surface area contributed by atoms with Crippen molar-refractivity contribution in [1.82, 2.24) is 14.2 Å². The molecule has 3 heterocycles. The molecule has 1 amide bonds. The Morgan fingerprint density at radius 3 is 2.31 bits per heavy atom. The molecule has 0 atom stereocenters. The van der Waals surface area contributed by atoms with Gasteiger partial charge >= 0.3 is 0 Å². The molecule has 1 aliphatic heterocycles. The van der Waals surface area contributed by atoms with Gasteiger partial charge in [-0.3, -0.25) is 4.79 Å². The fraction of sp³-hybridized carbons (Fsp3) is 0.172. The third-order valence-electron chi connectivity index (χ3n) is 6.64. The molecule has 0 radical (unpaired) electrons. The quantitative estimate of drug-likeness (QED) is 0.345. The van der Waals surface area contributed by atoms with Gasteiger partial charge in [0.25, 0.3) is 5.91 Å². The summed E-state index contributed by atoms with van der Waals surface area (Å²) in [5, 5.41) is 8.12. The Hall–Kier alpha value is -4.32. The zero-order chi connectivity index (χ0) is 23.8. The summed E-state index contributed by atoms with van der Waals surface area (Å²) in [5.74, 6) is 1.50. The average Bonchev–Trinajstić information content (AvgIpc) is 3.33. The van der Waals surface area contributed by atoms with Crippen molar-refractivity contribution in [1.29, 1.82) is 0 Å². The van der Waals surface area contributed by atoms with Crippen molar-refractivity contribution >= 4 is 17.2 Å². The van der Waals surface area contributed by atoms with Crippen molar-refractivity contribution in [2.24, 2.45) is 0 Å². The molecular formula is C29H26N4O2. The maximum Gasteiger partial charge on any atom is 0.275 e. The number of anilines is 1. The number of para-hydroxylation sites is 1. The Balaban J connectivity index is 1.61. The minimum atomic E-state index is -0.173. The number of nitrogens with one attached hydrogen (secondary N) is 1.